The Morgan fingerprint density at radius 3 is 2.50 bits per heavy atom. The van der Waals surface area contributed by atoms with E-state index < -0.39 is 5.79 Å². The van der Waals surface area contributed by atoms with Crippen molar-refractivity contribution in [3.05, 3.63) is 0 Å². The van der Waals surface area contributed by atoms with E-state index in [1.807, 2.05) is 20.8 Å². The van der Waals surface area contributed by atoms with E-state index in [0.29, 0.717) is 19.6 Å². The first-order chi connectivity index (χ1) is 6.33. The van der Waals surface area contributed by atoms with Gasteiger partial charge < -0.3 is 14.2 Å². The lowest BCUT2D eigenvalue weighted by atomic mass is 10.1. The molecule has 0 aromatic heterocycles. The smallest absolute Gasteiger partial charge is 0.302 e. The van der Waals surface area contributed by atoms with Crippen LogP contribution in [0.25, 0.3) is 0 Å². The summed E-state index contributed by atoms with van der Waals surface area (Å²) in [6.45, 7) is 8.05. The molecule has 0 aromatic rings. The van der Waals surface area contributed by atoms with Crippen molar-refractivity contribution in [3.63, 3.8) is 0 Å². The Bertz CT molecular complexity index is 224. The number of hydrogen-bond donors (Lipinski definition) is 0. The van der Waals surface area contributed by atoms with Crippen LogP contribution < -0.4 is 0 Å². The minimum Gasteiger partial charge on any atom is -0.466 e. The average molecular weight is 202 g/mol. The lowest BCUT2D eigenvalue weighted by Gasteiger charge is -2.24. The summed E-state index contributed by atoms with van der Waals surface area (Å²) in [5.74, 6) is -0.780. The normalized spacial score (nSPS) is 30.3. The zero-order valence-corrected chi connectivity index (χ0v) is 9.25. The molecule has 1 heterocycles. The van der Waals surface area contributed by atoms with Gasteiger partial charge in [0, 0.05) is 13.3 Å². The van der Waals surface area contributed by atoms with E-state index in [9.17, 15) is 4.79 Å². The van der Waals surface area contributed by atoms with E-state index in [0.717, 1.165) is 0 Å². The van der Waals surface area contributed by atoms with Gasteiger partial charge in [0.15, 0.2) is 5.79 Å². The summed E-state index contributed by atoms with van der Waals surface area (Å²) in [5, 5.41) is 0. The van der Waals surface area contributed by atoms with Crippen LogP contribution in [0.3, 0.4) is 0 Å². The van der Waals surface area contributed by atoms with E-state index in [2.05, 4.69) is 0 Å². The third kappa shape index (κ3) is 3.27. The molecule has 1 aliphatic heterocycles. The van der Waals surface area contributed by atoms with Crippen molar-refractivity contribution in [2.24, 2.45) is 0 Å². The van der Waals surface area contributed by atoms with Gasteiger partial charge in [0.2, 0.25) is 0 Å². The van der Waals surface area contributed by atoms with Crippen molar-refractivity contribution in [2.45, 2.75) is 45.5 Å². The van der Waals surface area contributed by atoms with Crippen LogP contribution in [-0.4, -0.2) is 30.6 Å². The molecule has 82 valence electrons. The lowest BCUT2D eigenvalue weighted by molar-refractivity contribution is -0.162. The van der Waals surface area contributed by atoms with Crippen molar-refractivity contribution in [1.29, 1.82) is 0 Å². The van der Waals surface area contributed by atoms with Gasteiger partial charge in [-0.1, -0.05) is 0 Å². The van der Waals surface area contributed by atoms with Gasteiger partial charge >= 0.3 is 5.97 Å². The fourth-order valence-electron chi connectivity index (χ4n) is 1.51. The van der Waals surface area contributed by atoms with Gasteiger partial charge in [-0.05, 0) is 20.8 Å². The third-order valence-electron chi connectivity index (χ3n) is 2.15. The largest absolute Gasteiger partial charge is 0.466 e. The maximum atomic E-state index is 10.6. The molecular formula is C10H18O4. The van der Waals surface area contributed by atoms with E-state index in [1.165, 1.54) is 6.92 Å². The molecule has 0 spiro atoms. The van der Waals surface area contributed by atoms with E-state index in [4.69, 9.17) is 14.2 Å². The molecule has 0 radical (unpaired) electrons. The monoisotopic (exact) mass is 202 g/mol. The molecule has 1 saturated heterocycles. The second kappa shape index (κ2) is 3.87. The molecule has 0 saturated carbocycles. The van der Waals surface area contributed by atoms with Gasteiger partial charge in [-0.15, -0.1) is 0 Å². The molecule has 0 aromatic carbocycles. The van der Waals surface area contributed by atoms with E-state index in [1.54, 1.807) is 0 Å². The van der Waals surface area contributed by atoms with Gasteiger partial charge in [0.05, 0.1) is 18.8 Å². The van der Waals surface area contributed by atoms with Crippen LogP contribution in [0.5, 0.6) is 0 Å². The Labute approximate surface area is 84.5 Å². The zero-order valence-electron chi connectivity index (χ0n) is 9.25. The number of carbonyl (C=O) groups excluding carboxylic acids is 1. The third-order valence-corrected chi connectivity index (χ3v) is 2.15. The molecule has 1 rings (SSSR count). The molecule has 0 aliphatic carbocycles. The summed E-state index contributed by atoms with van der Waals surface area (Å²) in [7, 11) is 0. The van der Waals surface area contributed by atoms with Crippen LogP contribution in [0.15, 0.2) is 0 Å². The van der Waals surface area contributed by atoms with Crippen molar-refractivity contribution in [1.82, 2.24) is 0 Å². The first-order valence-corrected chi connectivity index (χ1v) is 4.81. The first-order valence-electron chi connectivity index (χ1n) is 4.81. The second-order valence-corrected chi connectivity index (χ2v) is 4.33. The summed E-state index contributed by atoms with van der Waals surface area (Å²) in [5.41, 5.74) is -0.334. The first kappa shape index (κ1) is 11.5. The predicted molar refractivity (Wildman–Crippen MR) is 50.8 cm³/mol. The molecule has 4 nitrogen and oxygen atoms in total. The summed E-state index contributed by atoms with van der Waals surface area (Å²) < 4.78 is 16.0. The number of ether oxygens (including phenoxy) is 3. The van der Waals surface area contributed by atoms with Gasteiger partial charge in [0.1, 0.15) is 0 Å². The van der Waals surface area contributed by atoms with Crippen molar-refractivity contribution in [3.8, 4) is 0 Å². The van der Waals surface area contributed by atoms with Crippen LogP contribution in [0.4, 0.5) is 0 Å². The highest BCUT2D eigenvalue weighted by atomic mass is 16.8. The summed E-state index contributed by atoms with van der Waals surface area (Å²) in [4.78, 5) is 10.6. The highest BCUT2D eigenvalue weighted by Gasteiger charge is 2.41. The molecule has 1 unspecified atom stereocenters. The maximum Gasteiger partial charge on any atom is 0.302 e. The highest BCUT2D eigenvalue weighted by Crippen LogP contribution is 2.32. The number of hydrogen-bond acceptors (Lipinski definition) is 4. The van der Waals surface area contributed by atoms with Gasteiger partial charge in [0.25, 0.3) is 0 Å². The standard InChI is InChI=1S/C10H18O4/c1-8(11)12-6-5-10(4)7-13-9(2,3)14-10/h5-7H2,1-4H3. The van der Waals surface area contributed by atoms with E-state index in [-0.39, 0.29) is 11.6 Å². The number of esters is 1. The topological polar surface area (TPSA) is 44.8 Å². The molecule has 0 bridgehead atoms. The summed E-state index contributed by atoms with van der Waals surface area (Å²) in [6, 6.07) is 0. The Balaban J connectivity index is 2.34. The molecule has 0 amide bonds. The lowest BCUT2D eigenvalue weighted by Crippen LogP contribution is -2.32. The van der Waals surface area contributed by atoms with Crippen LogP contribution in [0.1, 0.15) is 34.1 Å². The summed E-state index contributed by atoms with van der Waals surface area (Å²) in [6.07, 6.45) is 0.663. The van der Waals surface area contributed by atoms with Gasteiger partial charge in [-0.25, -0.2) is 0 Å². The molecular weight excluding hydrogens is 184 g/mol. The minimum absolute atomic E-state index is 0.258. The van der Waals surface area contributed by atoms with Crippen molar-refractivity contribution < 1.29 is 19.0 Å². The van der Waals surface area contributed by atoms with Gasteiger partial charge in [-0.2, -0.15) is 0 Å². The minimum atomic E-state index is -0.523. The van der Waals surface area contributed by atoms with Gasteiger partial charge in [-0.3, -0.25) is 4.79 Å². The Morgan fingerprint density at radius 1 is 1.43 bits per heavy atom. The van der Waals surface area contributed by atoms with Crippen molar-refractivity contribution in [2.75, 3.05) is 13.2 Å². The fourth-order valence-corrected chi connectivity index (χ4v) is 1.51. The van der Waals surface area contributed by atoms with Crippen LogP contribution >= 0.6 is 0 Å². The fraction of sp³-hybridized carbons (Fsp3) is 0.900. The SMILES string of the molecule is CC(=O)OCCC1(C)COC(C)(C)O1. The molecule has 1 aliphatic rings. The Kier molecular flexibility index (Phi) is 3.17. The van der Waals surface area contributed by atoms with E-state index >= 15 is 0 Å². The van der Waals surface area contributed by atoms with Crippen LogP contribution in [-0.2, 0) is 19.0 Å². The Hall–Kier alpha value is -0.610. The molecule has 14 heavy (non-hydrogen) atoms. The zero-order chi connectivity index (χ0) is 10.8. The molecule has 4 heteroatoms. The molecule has 1 fully saturated rings. The highest BCUT2D eigenvalue weighted by molar-refractivity contribution is 5.65. The Morgan fingerprint density at radius 2 is 2.07 bits per heavy atom. The number of rotatable bonds is 3. The average Bonchev–Trinajstić information content (AvgIpc) is 2.25. The van der Waals surface area contributed by atoms with Crippen molar-refractivity contribution >= 4 is 5.97 Å². The van der Waals surface area contributed by atoms with Crippen LogP contribution in [0.2, 0.25) is 0 Å². The molecule has 0 N–H and O–H groups in total. The number of carbonyl (C=O) groups is 1. The quantitative estimate of drug-likeness (QED) is 0.650. The predicted octanol–water partition coefficient (Wildman–Crippen LogP) is 1.48. The van der Waals surface area contributed by atoms with Crippen LogP contribution in [0, 0.1) is 0 Å². The second-order valence-electron chi connectivity index (χ2n) is 4.33. The maximum absolute atomic E-state index is 10.6. The summed E-state index contributed by atoms with van der Waals surface area (Å²) >= 11 is 0. The molecule has 1 atom stereocenters.